The van der Waals surface area contributed by atoms with Crippen molar-refractivity contribution >= 4 is 39.1 Å². The number of hydrogen-bond donors (Lipinski definition) is 1. The lowest BCUT2D eigenvalue weighted by Crippen LogP contribution is -2.54. The molecule has 0 heterocycles. The molecule has 246 valence electrons. The number of benzene rings is 4. The standard InChI is InChI=1S/C38H42ClN3O4S/c1-27-16-19-34(20-17-27)47(45,46)42(35-21-18-28(2)22-29(35)3)26-37(43)41(25-31-12-9-13-32(39)23-31)36(24-30-10-5-4-6-11-30)38(44)40-33-14-7-8-15-33/h4-6,9-13,16-23,33,36H,7-8,14-15,24-26H2,1-3H3,(H,40,44)/t36-/m0/s1. The summed E-state index contributed by atoms with van der Waals surface area (Å²) in [5, 5.41) is 3.71. The van der Waals surface area contributed by atoms with Crippen LogP contribution in [-0.4, -0.2) is 43.8 Å². The fourth-order valence-corrected chi connectivity index (χ4v) is 7.88. The number of aryl methyl sites for hydroxylation is 3. The molecule has 0 saturated heterocycles. The summed E-state index contributed by atoms with van der Waals surface area (Å²) in [4.78, 5) is 30.4. The molecule has 1 aliphatic carbocycles. The highest BCUT2D eigenvalue weighted by Crippen LogP contribution is 2.29. The van der Waals surface area contributed by atoms with E-state index in [4.69, 9.17) is 11.6 Å². The molecule has 9 heteroatoms. The summed E-state index contributed by atoms with van der Waals surface area (Å²) in [5.74, 6) is -0.751. The van der Waals surface area contributed by atoms with Gasteiger partial charge in [0.15, 0.2) is 0 Å². The zero-order valence-electron chi connectivity index (χ0n) is 27.2. The van der Waals surface area contributed by atoms with Gasteiger partial charge in [-0.05, 0) is 80.6 Å². The smallest absolute Gasteiger partial charge is 0.264 e. The van der Waals surface area contributed by atoms with Crippen LogP contribution < -0.4 is 9.62 Å². The van der Waals surface area contributed by atoms with Crippen molar-refractivity contribution in [3.63, 3.8) is 0 Å². The summed E-state index contributed by atoms with van der Waals surface area (Å²) in [7, 11) is -4.17. The molecule has 0 aromatic heterocycles. The number of nitrogens with one attached hydrogen (secondary N) is 1. The van der Waals surface area contributed by atoms with Crippen molar-refractivity contribution in [3.8, 4) is 0 Å². The maximum atomic E-state index is 14.7. The van der Waals surface area contributed by atoms with Crippen molar-refractivity contribution in [1.82, 2.24) is 10.2 Å². The van der Waals surface area contributed by atoms with Gasteiger partial charge in [-0.2, -0.15) is 0 Å². The van der Waals surface area contributed by atoms with Crippen LogP contribution >= 0.6 is 11.6 Å². The quantitative estimate of drug-likeness (QED) is 0.173. The van der Waals surface area contributed by atoms with E-state index >= 15 is 0 Å². The maximum absolute atomic E-state index is 14.7. The molecule has 5 rings (SSSR count). The van der Waals surface area contributed by atoms with Gasteiger partial charge in [0.05, 0.1) is 10.6 Å². The molecule has 0 aliphatic heterocycles. The first-order chi connectivity index (χ1) is 22.5. The molecule has 4 aromatic carbocycles. The molecule has 0 unspecified atom stereocenters. The Kier molecular flexibility index (Phi) is 11.0. The van der Waals surface area contributed by atoms with Crippen LogP contribution in [0, 0.1) is 20.8 Å². The lowest BCUT2D eigenvalue weighted by atomic mass is 10.0. The average Bonchev–Trinajstić information content (AvgIpc) is 3.55. The topological polar surface area (TPSA) is 86.8 Å². The highest BCUT2D eigenvalue weighted by atomic mass is 35.5. The van der Waals surface area contributed by atoms with Gasteiger partial charge in [0, 0.05) is 24.0 Å². The molecular weight excluding hydrogens is 630 g/mol. The SMILES string of the molecule is Cc1ccc(S(=O)(=O)N(CC(=O)N(Cc2cccc(Cl)c2)[C@@H](Cc2ccccc2)C(=O)NC2CCCC2)c2ccc(C)cc2C)cc1. The van der Waals surface area contributed by atoms with Crippen LogP contribution in [0.2, 0.25) is 5.02 Å². The Labute approximate surface area is 283 Å². The Morgan fingerprint density at radius 1 is 0.830 bits per heavy atom. The highest BCUT2D eigenvalue weighted by Gasteiger charge is 2.36. The molecule has 0 spiro atoms. The van der Waals surface area contributed by atoms with Crippen molar-refractivity contribution < 1.29 is 18.0 Å². The zero-order chi connectivity index (χ0) is 33.6. The molecule has 7 nitrogen and oxygen atoms in total. The largest absolute Gasteiger partial charge is 0.352 e. The molecular formula is C38H42ClN3O4S. The van der Waals surface area contributed by atoms with Crippen LogP contribution in [0.1, 0.15) is 53.5 Å². The summed E-state index contributed by atoms with van der Waals surface area (Å²) in [6.45, 7) is 5.23. The fraction of sp³-hybridized carbons (Fsp3) is 0.316. The van der Waals surface area contributed by atoms with E-state index in [0.29, 0.717) is 10.7 Å². The van der Waals surface area contributed by atoms with Gasteiger partial charge in [0.2, 0.25) is 11.8 Å². The number of sulfonamides is 1. The number of hydrogen-bond acceptors (Lipinski definition) is 4. The number of carbonyl (C=O) groups is 2. The summed E-state index contributed by atoms with van der Waals surface area (Å²) in [6, 6.07) is 28.0. The first kappa shape index (κ1) is 34.2. The molecule has 0 bridgehead atoms. The highest BCUT2D eigenvalue weighted by molar-refractivity contribution is 7.92. The van der Waals surface area contributed by atoms with E-state index in [9.17, 15) is 18.0 Å². The van der Waals surface area contributed by atoms with Crippen molar-refractivity contribution in [2.24, 2.45) is 0 Å². The van der Waals surface area contributed by atoms with Crippen LogP contribution in [0.3, 0.4) is 0 Å². The van der Waals surface area contributed by atoms with Crippen LogP contribution in [0.25, 0.3) is 0 Å². The minimum absolute atomic E-state index is 0.0394. The van der Waals surface area contributed by atoms with E-state index in [0.717, 1.165) is 53.5 Å². The second kappa shape index (κ2) is 15.2. The zero-order valence-corrected chi connectivity index (χ0v) is 28.7. The van der Waals surface area contributed by atoms with Crippen molar-refractivity contribution in [1.29, 1.82) is 0 Å². The Morgan fingerprint density at radius 3 is 2.15 bits per heavy atom. The Hall–Kier alpha value is -4.14. The van der Waals surface area contributed by atoms with Crippen molar-refractivity contribution in [2.45, 2.75) is 76.4 Å². The number of rotatable bonds is 12. The van der Waals surface area contributed by atoms with Gasteiger partial charge < -0.3 is 10.2 Å². The summed E-state index contributed by atoms with van der Waals surface area (Å²) < 4.78 is 29.8. The second-order valence-corrected chi connectivity index (χ2v) is 14.8. The number of carbonyl (C=O) groups excluding carboxylic acids is 2. The number of nitrogens with zero attached hydrogens (tertiary/aromatic N) is 2. The lowest BCUT2D eigenvalue weighted by Gasteiger charge is -2.34. The average molecular weight is 672 g/mol. The molecule has 1 fully saturated rings. The normalized spacial score (nSPS) is 14.0. The molecule has 1 aliphatic rings. The molecule has 1 N–H and O–H groups in total. The maximum Gasteiger partial charge on any atom is 0.264 e. The van der Waals surface area contributed by atoms with Crippen molar-refractivity contribution in [3.05, 3.63) is 130 Å². The van der Waals surface area contributed by atoms with E-state index < -0.39 is 28.5 Å². The fourth-order valence-electron chi connectivity index (χ4n) is 6.19. The van der Waals surface area contributed by atoms with E-state index in [2.05, 4.69) is 5.32 Å². The van der Waals surface area contributed by atoms with Crippen LogP contribution in [-0.2, 0) is 32.6 Å². The molecule has 0 radical (unpaired) electrons. The van der Waals surface area contributed by atoms with Crippen molar-refractivity contribution in [2.75, 3.05) is 10.8 Å². The van der Waals surface area contributed by atoms with Gasteiger partial charge in [0.25, 0.3) is 10.0 Å². The van der Waals surface area contributed by atoms with Gasteiger partial charge in [-0.15, -0.1) is 0 Å². The minimum atomic E-state index is -4.17. The number of amides is 2. The van der Waals surface area contributed by atoms with E-state index in [1.165, 1.54) is 9.21 Å². The van der Waals surface area contributed by atoms with E-state index in [1.807, 2.05) is 69.3 Å². The Balaban J connectivity index is 1.58. The first-order valence-corrected chi connectivity index (χ1v) is 17.9. The third kappa shape index (κ3) is 8.62. The van der Waals surface area contributed by atoms with Crippen LogP contribution in [0.5, 0.6) is 0 Å². The summed E-state index contributed by atoms with van der Waals surface area (Å²) in [5.41, 5.74) is 4.64. The first-order valence-electron chi connectivity index (χ1n) is 16.1. The number of anilines is 1. The lowest BCUT2D eigenvalue weighted by molar-refractivity contribution is -0.140. The summed E-state index contributed by atoms with van der Waals surface area (Å²) >= 11 is 6.36. The second-order valence-electron chi connectivity index (χ2n) is 12.5. The van der Waals surface area contributed by atoms with E-state index in [-0.39, 0.29) is 29.8 Å². The molecule has 47 heavy (non-hydrogen) atoms. The Morgan fingerprint density at radius 2 is 1.49 bits per heavy atom. The van der Waals surface area contributed by atoms with Gasteiger partial charge in [-0.25, -0.2) is 8.42 Å². The molecule has 2 amide bonds. The third-order valence-corrected chi connectivity index (χ3v) is 10.7. The third-order valence-electron chi connectivity index (χ3n) is 8.72. The van der Waals surface area contributed by atoms with Gasteiger partial charge in [0.1, 0.15) is 12.6 Å². The predicted octanol–water partition coefficient (Wildman–Crippen LogP) is 7.16. The number of halogens is 1. The van der Waals surface area contributed by atoms with Gasteiger partial charge in [-0.3, -0.25) is 13.9 Å². The molecule has 4 aromatic rings. The monoisotopic (exact) mass is 671 g/mol. The van der Waals surface area contributed by atoms with Crippen LogP contribution in [0.4, 0.5) is 5.69 Å². The Bertz CT molecular complexity index is 1810. The van der Waals surface area contributed by atoms with Gasteiger partial charge >= 0.3 is 0 Å². The minimum Gasteiger partial charge on any atom is -0.352 e. The molecule has 1 saturated carbocycles. The summed E-state index contributed by atoms with van der Waals surface area (Å²) in [6.07, 6.45) is 4.13. The van der Waals surface area contributed by atoms with Gasteiger partial charge in [-0.1, -0.05) is 102 Å². The van der Waals surface area contributed by atoms with E-state index in [1.54, 1.807) is 48.5 Å². The molecule has 1 atom stereocenters. The predicted molar refractivity (Wildman–Crippen MR) is 188 cm³/mol. The van der Waals surface area contributed by atoms with Crippen LogP contribution in [0.15, 0.2) is 102 Å².